The molecule has 0 radical (unpaired) electrons. The van der Waals surface area contributed by atoms with Crippen LogP contribution in [0.3, 0.4) is 0 Å². The third-order valence-electron chi connectivity index (χ3n) is 17.8. The number of hydrogen-bond donors (Lipinski definition) is 15. The molecule has 0 rings (SSSR count). The molecule has 105 heavy (non-hydrogen) atoms. The van der Waals surface area contributed by atoms with Gasteiger partial charge < -0.3 is 77.6 Å². The van der Waals surface area contributed by atoms with Gasteiger partial charge in [0.1, 0.15) is 0 Å². The molecule has 0 spiro atoms. The van der Waals surface area contributed by atoms with Crippen molar-refractivity contribution in [2.45, 2.75) is 419 Å². The largest absolute Gasteiger partial charge is 0.394 e. The maximum atomic E-state index is 10.9. The van der Waals surface area contributed by atoms with E-state index in [9.17, 15) is 49.5 Å². The van der Waals surface area contributed by atoms with Gasteiger partial charge in [0.2, 0.25) is 29.5 Å². The minimum absolute atomic E-state index is 0.244. The van der Waals surface area contributed by atoms with Crippen molar-refractivity contribution in [1.82, 2.24) is 26.6 Å². The zero-order valence-electron chi connectivity index (χ0n) is 68.4. The van der Waals surface area contributed by atoms with Crippen molar-refractivity contribution >= 4 is 29.5 Å². The number of hydrogen-bond acceptors (Lipinski definition) is 15. The molecule has 0 aliphatic heterocycles. The van der Waals surface area contributed by atoms with Crippen LogP contribution in [0.2, 0.25) is 0 Å². The Kier molecular flexibility index (Phi) is 90.4. The molecule has 0 fully saturated rings. The molecule has 0 aromatic carbocycles. The molecule has 0 aromatic rings. The molecule has 10 atom stereocenters. The molecule has 10 unspecified atom stereocenters. The van der Waals surface area contributed by atoms with Crippen molar-refractivity contribution in [1.29, 1.82) is 0 Å². The summed E-state index contributed by atoms with van der Waals surface area (Å²) in [5.41, 5.74) is 0. The van der Waals surface area contributed by atoms with Gasteiger partial charge in [0, 0.05) is 34.6 Å². The third-order valence-corrected chi connectivity index (χ3v) is 17.8. The molecule has 0 heterocycles. The van der Waals surface area contributed by atoms with Crippen LogP contribution in [0.25, 0.3) is 0 Å². The van der Waals surface area contributed by atoms with Crippen molar-refractivity contribution in [3.05, 3.63) is 60.8 Å². The molecule has 20 nitrogen and oxygen atoms in total. The van der Waals surface area contributed by atoms with E-state index in [-0.39, 0.29) is 62.6 Å². The van der Waals surface area contributed by atoms with Crippen molar-refractivity contribution in [3.63, 3.8) is 0 Å². The van der Waals surface area contributed by atoms with Crippen LogP contribution in [-0.4, -0.2) is 174 Å². The van der Waals surface area contributed by atoms with Crippen LogP contribution in [0, 0.1) is 0 Å². The Morgan fingerprint density at radius 2 is 0.333 bits per heavy atom. The highest BCUT2D eigenvalue weighted by molar-refractivity contribution is 5.74. The van der Waals surface area contributed by atoms with Gasteiger partial charge in [-0.3, -0.25) is 24.0 Å². The summed E-state index contributed by atoms with van der Waals surface area (Å²) >= 11 is 0. The van der Waals surface area contributed by atoms with Crippen molar-refractivity contribution in [2.24, 2.45) is 0 Å². The lowest BCUT2D eigenvalue weighted by Crippen LogP contribution is -2.44. The number of allylic oxidation sites excluding steroid dienone is 5. The standard InChI is InChI=1S/C19H37NO3.C18H35NO3.C17H33NO3.C16H31NO3.C15H29NO3/c1-3-4-5-6-7-8-9-10-11-12-13-14-15-19(23)18(16-21)20-17(2)22;1-3-4-5-6-7-8-9-10-11-12-13-14-18(22)17(15-20)19-16(2)21;1-3-4-5-6-7-8-9-10-11-12-13-17(21)16(14-19)18-15(2)20;1-3-4-5-6-7-8-9-10-11-12-16(20)15(13-18)17-14(2)19;1-3-4-5-6-7-8-9-10-11-15(19)14(12-17)16-13(2)18/h14-15,18-19,21,23H,3-13,16H2,1-2H3,(H,20,22);13-14,17-18,20,22H,3-12,15H2,1-2H3,(H,19,21);12-13,16-17,19,21H,3-11,14H2,1-2H3,(H,18,20);11-12,15-16,18,20H,3-10,13H2,1-2H3,(H,17,19);10-11,14-15,17,19H,3-9,12H2,1-2H3,(H,16,18)/b15-14+;14-13+;13-12+;12-11+;11-10+. The summed E-state index contributed by atoms with van der Waals surface area (Å²) < 4.78 is 0. The fraction of sp³-hybridized carbons (Fsp3) is 0.824. The highest BCUT2D eigenvalue weighted by Gasteiger charge is 2.20. The molecular weight excluding hydrogens is 1330 g/mol. The topological polar surface area (TPSA) is 348 Å². The molecule has 0 aliphatic carbocycles. The van der Waals surface area contributed by atoms with Gasteiger partial charge in [-0.2, -0.15) is 0 Å². The number of unbranched alkanes of at least 4 members (excludes halogenated alkanes) is 40. The second-order valence-electron chi connectivity index (χ2n) is 28.4. The molecule has 0 saturated heterocycles. The maximum Gasteiger partial charge on any atom is 0.217 e. The smallest absolute Gasteiger partial charge is 0.217 e. The van der Waals surface area contributed by atoms with Gasteiger partial charge in [0.15, 0.2) is 0 Å². The first-order chi connectivity index (χ1) is 50.6. The minimum Gasteiger partial charge on any atom is -0.394 e. The van der Waals surface area contributed by atoms with Crippen LogP contribution in [-0.2, 0) is 24.0 Å². The van der Waals surface area contributed by atoms with E-state index in [0.717, 1.165) is 64.2 Å². The van der Waals surface area contributed by atoms with E-state index in [1.54, 1.807) is 30.4 Å². The van der Waals surface area contributed by atoms with Gasteiger partial charge in [0.25, 0.3) is 0 Å². The molecular formula is C85H165N5O15. The monoisotopic (exact) mass is 1500 g/mol. The van der Waals surface area contributed by atoms with Crippen LogP contribution in [0.5, 0.6) is 0 Å². The predicted molar refractivity (Wildman–Crippen MR) is 435 cm³/mol. The Morgan fingerprint density at radius 3 is 0.438 bits per heavy atom. The SMILES string of the molecule is CCCCCCCC/C=C/C(O)C(CO)NC(C)=O.CCCCCCCCC/C=C/C(O)C(CO)NC(C)=O.CCCCCCCCCC/C=C/C(O)C(CO)NC(C)=O.CCCCCCCCCCC/C=C/C(O)C(CO)NC(C)=O.CCCCCCCCCCCC/C=C/C(O)C(CO)NC(C)=O. The Hall–Kier alpha value is -4.35. The summed E-state index contributed by atoms with van der Waals surface area (Å²) in [6, 6.07) is -3.07. The number of carbonyl (C=O) groups excluding carboxylic acids is 5. The Bertz CT molecular complexity index is 2050. The van der Waals surface area contributed by atoms with Gasteiger partial charge >= 0.3 is 0 Å². The molecule has 0 bridgehead atoms. The van der Waals surface area contributed by atoms with E-state index in [2.05, 4.69) is 61.2 Å². The zero-order chi connectivity index (χ0) is 79.6. The number of amides is 5. The number of nitrogens with one attached hydrogen (secondary N) is 5. The van der Waals surface area contributed by atoms with E-state index in [0.29, 0.717) is 0 Å². The van der Waals surface area contributed by atoms with E-state index in [1.807, 2.05) is 30.4 Å². The van der Waals surface area contributed by atoms with Gasteiger partial charge in [-0.1, -0.05) is 320 Å². The molecule has 0 aliphatic rings. The van der Waals surface area contributed by atoms with E-state index < -0.39 is 60.7 Å². The highest BCUT2D eigenvalue weighted by Crippen LogP contribution is 2.16. The number of aliphatic hydroxyl groups excluding tert-OH is 10. The lowest BCUT2D eigenvalue weighted by Gasteiger charge is -2.18. The first kappa shape index (κ1) is 109. The highest BCUT2D eigenvalue weighted by atomic mass is 16.3. The zero-order valence-corrected chi connectivity index (χ0v) is 68.4. The summed E-state index contributed by atoms with van der Waals surface area (Å²) in [5.74, 6) is -1.23. The fourth-order valence-corrected chi connectivity index (χ4v) is 11.3. The summed E-state index contributed by atoms with van der Waals surface area (Å²) in [6.07, 6.45) is 70.1. The van der Waals surface area contributed by atoms with E-state index >= 15 is 0 Å². The maximum absolute atomic E-state index is 10.9. The minimum atomic E-state index is -0.827. The summed E-state index contributed by atoms with van der Waals surface area (Å²) in [7, 11) is 0. The molecule has 620 valence electrons. The predicted octanol–water partition coefficient (Wildman–Crippen LogP) is 14.7. The Morgan fingerprint density at radius 1 is 0.219 bits per heavy atom. The Labute approximate surface area is 640 Å². The van der Waals surface area contributed by atoms with Crippen LogP contribution < -0.4 is 26.6 Å². The first-order valence-electron chi connectivity index (χ1n) is 41.7. The van der Waals surface area contributed by atoms with Crippen molar-refractivity contribution < 1.29 is 75.0 Å². The number of rotatable bonds is 65. The van der Waals surface area contributed by atoms with Gasteiger partial charge in [-0.15, -0.1) is 0 Å². The Balaban J connectivity index is -0.000000397. The molecule has 15 N–H and O–H groups in total. The number of aliphatic hydroxyl groups is 10. The van der Waals surface area contributed by atoms with Crippen LogP contribution in [0.4, 0.5) is 0 Å². The third kappa shape index (κ3) is 85.1. The summed E-state index contributed by atoms with van der Waals surface area (Å²) in [6.45, 7) is 16.7. The lowest BCUT2D eigenvalue weighted by molar-refractivity contribution is -0.121. The van der Waals surface area contributed by atoms with Crippen LogP contribution in [0.1, 0.15) is 358 Å². The molecule has 0 saturated carbocycles. The average molecular weight is 1500 g/mol. The average Bonchev–Trinajstić information content (AvgIpc) is 1.07. The summed E-state index contributed by atoms with van der Waals surface area (Å²) in [4.78, 5) is 54.5. The molecule has 5 amide bonds. The van der Waals surface area contributed by atoms with Gasteiger partial charge in [-0.25, -0.2) is 0 Å². The van der Waals surface area contributed by atoms with E-state index in [4.69, 9.17) is 25.5 Å². The van der Waals surface area contributed by atoms with Crippen molar-refractivity contribution in [3.8, 4) is 0 Å². The molecule has 0 aromatic heterocycles. The van der Waals surface area contributed by atoms with Crippen molar-refractivity contribution in [2.75, 3.05) is 33.0 Å². The fourth-order valence-electron chi connectivity index (χ4n) is 11.3. The van der Waals surface area contributed by atoms with Gasteiger partial charge in [-0.05, 0) is 64.2 Å². The number of carbonyl (C=O) groups is 5. The second-order valence-corrected chi connectivity index (χ2v) is 28.4. The lowest BCUT2D eigenvalue weighted by atomic mass is 10.1. The summed E-state index contributed by atoms with van der Waals surface area (Å²) in [5, 5.41) is 107. The normalized spacial score (nSPS) is 14.3. The van der Waals surface area contributed by atoms with Crippen LogP contribution >= 0.6 is 0 Å². The van der Waals surface area contributed by atoms with Gasteiger partial charge in [0.05, 0.1) is 93.8 Å². The quantitative estimate of drug-likeness (QED) is 0.0199. The first-order valence-corrected chi connectivity index (χ1v) is 41.7. The molecule has 20 heteroatoms. The van der Waals surface area contributed by atoms with E-state index in [1.165, 1.54) is 259 Å². The second kappa shape index (κ2) is 86.9. The van der Waals surface area contributed by atoms with Crippen LogP contribution in [0.15, 0.2) is 60.8 Å².